The average molecular weight is 357 g/mol. The normalized spacial score (nSPS) is 10.4. The van der Waals surface area contributed by atoms with Crippen molar-refractivity contribution < 1.29 is 14.2 Å². The number of hydrogen-bond donors (Lipinski definition) is 0. The number of aryl methyl sites for hydroxylation is 2. The number of rotatable bonds is 5. The Morgan fingerprint density at radius 3 is 1.88 bits per heavy atom. The number of halogens is 1. The Balaban J connectivity index is 2.01. The second-order valence-corrected chi connectivity index (χ2v) is 5.75. The van der Waals surface area contributed by atoms with Crippen LogP contribution in [-0.4, -0.2) is 17.3 Å². The van der Waals surface area contributed by atoms with Gasteiger partial charge >= 0.3 is 0 Å². The van der Waals surface area contributed by atoms with Crippen LogP contribution < -0.4 is 14.2 Å². The van der Waals surface area contributed by atoms with Gasteiger partial charge in [0.05, 0.1) is 7.11 Å². The molecule has 25 heavy (non-hydrogen) atoms. The molecule has 0 bridgehead atoms. The quantitative estimate of drug-likeness (QED) is 0.617. The number of hydrogen-bond acceptors (Lipinski definition) is 5. The first-order valence-corrected chi connectivity index (χ1v) is 8.05. The van der Waals surface area contributed by atoms with Crippen molar-refractivity contribution in [2.45, 2.75) is 13.8 Å². The number of ether oxygens (including phenoxy) is 3. The summed E-state index contributed by atoms with van der Waals surface area (Å²) in [5, 5.41) is 8.02. The lowest BCUT2D eigenvalue weighted by atomic mass is 10.2. The van der Waals surface area contributed by atoms with Crippen LogP contribution in [0.2, 0.25) is 5.15 Å². The molecule has 0 radical (unpaired) electrons. The van der Waals surface area contributed by atoms with Gasteiger partial charge in [-0.25, -0.2) is 0 Å². The van der Waals surface area contributed by atoms with E-state index >= 15 is 0 Å². The Morgan fingerprint density at radius 2 is 1.32 bits per heavy atom. The van der Waals surface area contributed by atoms with Gasteiger partial charge in [0, 0.05) is 0 Å². The lowest BCUT2D eigenvalue weighted by molar-refractivity contribution is 0.339. The monoisotopic (exact) mass is 356 g/mol. The van der Waals surface area contributed by atoms with Gasteiger partial charge in [0.1, 0.15) is 11.5 Å². The molecule has 1 heterocycles. The maximum absolute atomic E-state index is 6.18. The maximum Gasteiger partial charge on any atom is 0.285 e. The molecule has 0 fully saturated rings. The fourth-order valence-corrected chi connectivity index (χ4v) is 2.42. The molecule has 3 rings (SSSR count). The van der Waals surface area contributed by atoms with Crippen LogP contribution >= 0.6 is 11.6 Å². The molecular formula is C19H17ClN2O3. The van der Waals surface area contributed by atoms with E-state index in [0.29, 0.717) is 11.5 Å². The lowest BCUT2D eigenvalue weighted by Crippen LogP contribution is -2.01. The van der Waals surface area contributed by atoms with E-state index in [9.17, 15) is 0 Å². The van der Waals surface area contributed by atoms with Gasteiger partial charge in [0.15, 0.2) is 5.15 Å². The summed E-state index contributed by atoms with van der Waals surface area (Å²) < 4.78 is 17.2. The molecule has 0 saturated heterocycles. The highest BCUT2D eigenvalue weighted by molar-refractivity contribution is 6.31. The fraction of sp³-hybridized carbons (Fsp3) is 0.158. The van der Waals surface area contributed by atoms with Gasteiger partial charge in [-0.15, -0.1) is 10.2 Å². The van der Waals surface area contributed by atoms with E-state index in [4.69, 9.17) is 25.8 Å². The van der Waals surface area contributed by atoms with Gasteiger partial charge in [-0.05, 0) is 37.1 Å². The first-order chi connectivity index (χ1) is 12.1. The molecule has 1 aromatic heterocycles. The molecule has 0 atom stereocenters. The third-order valence-electron chi connectivity index (χ3n) is 3.63. The fourth-order valence-electron chi connectivity index (χ4n) is 2.26. The molecule has 6 heteroatoms. The Hall–Kier alpha value is -2.79. The van der Waals surface area contributed by atoms with Gasteiger partial charge in [-0.1, -0.05) is 48.0 Å². The molecule has 0 unspecified atom stereocenters. The molecule has 0 aliphatic rings. The zero-order valence-electron chi connectivity index (χ0n) is 14.1. The highest BCUT2D eigenvalue weighted by Crippen LogP contribution is 2.43. The summed E-state index contributed by atoms with van der Waals surface area (Å²) in [6, 6.07) is 15.2. The number of aromatic nitrogens is 2. The third kappa shape index (κ3) is 3.67. The van der Waals surface area contributed by atoms with Crippen LogP contribution in [-0.2, 0) is 0 Å². The van der Waals surface area contributed by atoms with E-state index < -0.39 is 0 Å². The van der Waals surface area contributed by atoms with E-state index in [2.05, 4.69) is 10.2 Å². The second kappa shape index (κ2) is 7.40. The zero-order valence-corrected chi connectivity index (χ0v) is 14.9. The summed E-state index contributed by atoms with van der Waals surface area (Å²) in [4.78, 5) is 0. The van der Waals surface area contributed by atoms with Crippen LogP contribution in [0, 0.1) is 13.8 Å². The summed E-state index contributed by atoms with van der Waals surface area (Å²) in [7, 11) is 1.50. The van der Waals surface area contributed by atoms with E-state index in [-0.39, 0.29) is 22.5 Å². The van der Waals surface area contributed by atoms with Gasteiger partial charge < -0.3 is 14.2 Å². The molecule has 0 aliphatic heterocycles. The molecule has 0 saturated carbocycles. The molecule has 0 amide bonds. The van der Waals surface area contributed by atoms with Crippen molar-refractivity contribution in [2.24, 2.45) is 0 Å². The summed E-state index contributed by atoms with van der Waals surface area (Å²) in [6.45, 7) is 3.88. The Labute approximate surface area is 151 Å². The van der Waals surface area contributed by atoms with Crippen LogP contribution in [0.1, 0.15) is 11.1 Å². The topological polar surface area (TPSA) is 53.5 Å². The molecule has 3 aromatic rings. The van der Waals surface area contributed by atoms with Gasteiger partial charge in [0.25, 0.3) is 5.88 Å². The molecule has 0 spiro atoms. The van der Waals surface area contributed by atoms with Crippen molar-refractivity contribution in [1.82, 2.24) is 10.2 Å². The SMILES string of the molecule is COc1c(Oc2ccccc2C)nnc(Cl)c1Oc1ccccc1C. The lowest BCUT2D eigenvalue weighted by Gasteiger charge is -2.15. The third-order valence-corrected chi connectivity index (χ3v) is 3.87. The van der Waals surface area contributed by atoms with Gasteiger partial charge in [0.2, 0.25) is 11.5 Å². The highest BCUT2D eigenvalue weighted by atomic mass is 35.5. The van der Waals surface area contributed by atoms with E-state index in [1.54, 1.807) is 0 Å². The first-order valence-electron chi connectivity index (χ1n) is 7.67. The van der Waals surface area contributed by atoms with Crippen LogP contribution in [0.3, 0.4) is 0 Å². The minimum Gasteiger partial charge on any atom is -0.488 e. The largest absolute Gasteiger partial charge is 0.488 e. The van der Waals surface area contributed by atoms with Crippen LogP contribution in [0.4, 0.5) is 0 Å². The van der Waals surface area contributed by atoms with Crippen molar-refractivity contribution in [2.75, 3.05) is 7.11 Å². The van der Waals surface area contributed by atoms with Crippen molar-refractivity contribution in [3.8, 4) is 28.9 Å². The molecule has 0 aliphatic carbocycles. The number of benzene rings is 2. The predicted molar refractivity (Wildman–Crippen MR) is 96.1 cm³/mol. The maximum atomic E-state index is 6.18. The number of methoxy groups -OCH3 is 1. The van der Waals surface area contributed by atoms with Crippen molar-refractivity contribution in [3.63, 3.8) is 0 Å². The van der Waals surface area contributed by atoms with E-state index in [1.165, 1.54) is 7.11 Å². The van der Waals surface area contributed by atoms with Crippen LogP contribution in [0.15, 0.2) is 48.5 Å². The Bertz CT molecular complexity index is 900. The molecule has 0 N–H and O–H groups in total. The Morgan fingerprint density at radius 1 is 0.760 bits per heavy atom. The molecular weight excluding hydrogens is 340 g/mol. The summed E-state index contributed by atoms with van der Waals surface area (Å²) in [5.74, 6) is 2.03. The molecule has 2 aromatic carbocycles. The molecule has 128 valence electrons. The van der Waals surface area contributed by atoms with E-state index in [0.717, 1.165) is 11.1 Å². The Kier molecular flexibility index (Phi) is 5.05. The van der Waals surface area contributed by atoms with Gasteiger partial charge in [-0.2, -0.15) is 0 Å². The second-order valence-electron chi connectivity index (χ2n) is 5.39. The molecule has 5 nitrogen and oxygen atoms in total. The minimum atomic E-state index is 0.0947. The number of para-hydroxylation sites is 2. The van der Waals surface area contributed by atoms with Gasteiger partial charge in [-0.3, -0.25) is 0 Å². The van der Waals surface area contributed by atoms with Crippen LogP contribution in [0.25, 0.3) is 0 Å². The summed E-state index contributed by atoms with van der Waals surface area (Å²) >= 11 is 6.18. The minimum absolute atomic E-state index is 0.0947. The zero-order chi connectivity index (χ0) is 17.8. The van der Waals surface area contributed by atoms with Crippen molar-refractivity contribution >= 4 is 11.6 Å². The van der Waals surface area contributed by atoms with Crippen molar-refractivity contribution in [3.05, 3.63) is 64.8 Å². The standard InChI is InChI=1S/C19H17ClN2O3/c1-12-8-4-6-10-14(12)24-16-17(23-3)19(22-21-18(16)20)25-15-11-7-5-9-13(15)2/h4-11H,1-3H3. The summed E-state index contributed by atoms with van der Waals surface area (Å²) in [5.41, 5.74) is 1.92. The summed E-state index contributed by atoms with van der Waals surface area (Å²) in [6.07, 6.45) is 0. The number of nitrogens with zero attached hydrogens (tertiary/aromatic N) is 2. The van der Waals surface area contributed by atoms with Crippen LogP contribution in [0.5, 0.6) is 28.9 Å². The predicted octanol–water partition coefficient (Wildman–Crippen LogP) is 5.34. The van der Waals surface area contributed by atoms with Crippen molar-refractivity contribution in [1.29, 1.82) is 0 Å². The smallest absolute Gasteiger partial charge is 0.285 e. The highest BCUT2D eigenvalue weighted by Gasteiger charge is 2.21. The first kappa shape index (κ1) is 17.0. The van der Waals surface area contributed by atoms with E-state index in [1.807, 2.05) is 62.4 Å². The average Bonchev–Trinajstić information content (AvgIpc) is 2.61.